The molecule has 0 aliphatic rings. The maximum absolute atomic E-state index is 13.5. The number of methoxy groups -OCH3 is 1. The Balaban J connectivity index is 2.55. The molecule has 0 fully saturated rings. The minimum atomic E-state index is -0.991. The van der Waals surface area contributed by atoms with Crippen LogP contribution in [-0.2, 0) is 0 Å². The van der Waals surface area contributed by atoms with E-state index in [1.807, 2.05) is 19.1 Å². The SMILES string of the molecule is COc1cc(F)c(Br)cc1C(O)c1cccc(C)c1Cl. The van der Waals surface area contributed by atoms with Gasteiger partial charge in [0.2, 0.25) is 0 Å². The standard InChI is InChI=1S/C15H13BrClFO2/c1-8-4-3-5-9(14(8)17)15(19)10-6-11(16)12(18)7-13(10)20-2/h3-7,15,19H,1-2H3. The van der Waals surface area contributed by atoms with Crippen molar-refractivity contribution < 1.29 is 14.2 Å². The molecule has 0 spiro atoms. The Bertz CT molecular complexity index is 646. The largest absolute Gasteiger partial charge is 0.496 e. The van der Waals surface area contributed by atoms with Crippen LogP contribution in [0.1, 0.15) is 22.8 Å². The first-order chi connectivity index (χ1) is 9.45. The Morgan fingerprint density at radius 1 is 1.30 bits per heavy atom. The molecule has 0 radical (unpaired) electrons. The second kappa shape index (κ2) is 6.12. The highest BCUT2D eigenvalue weighted by atomic mass is 79.9. The molecule has 0 saturated carbocycles. The molecule has 0 aromatic heterocycles. The van der Waals surface area contributed by atoms with Crippen LogP contribution in [0.4, 0.5) is 4.39 Å². The lowest BCUT2D eigenvalue weighted by Gasteiger charge is -2.18. The quantitative estimate of drug-likeness (QED) is 0.865. The third-order valence-corrected chi connectivity index (χ3v) is 4.21. The summed E-state index contributed by atoms with van der Waals surface area (Å²) in [6.45, 7) is 1.86. The lowest BCUT2D eigenvalue weighted by atomic mass is 9.99. The zero-order valence-electron chi connectivity index (χ0n) is 11.0. The number of ether oxygens (including phenoxy) is 1. The van der Waals surface area contributed by atoms with Gasteiger partial charge in [0.1, 0.15) is 17.7 Å². The van der Waals surface area contributed by atoms with Gasteiger partial charge in [0.15, 0.2) is 0 Å². The molecule has 0 aliphatic carbocycles. The van der Waals surface area contributed by atoms with Gasteiger partial charge >= 0.3 is 0 Å². The fourth-order valence-electron chi connectivity index (χ4n) is 1.98. The van der Waals surface area contributed by atoms with Crippen LogP contribution in [0.3, 0.4) is 0 Å². The van der Waals surface area contributed by atoms with E-state index in [9.17, 15) is 9.50 Å². The molecular weight excluding hydrogens is 347 g/mol. The Morgan fingerprint density at radius 3 is 2.65 bits per heavy atom. The summed E-state index contributed by atoms with van der Waals surface area (Å²) in [5.74, 6) is -0.177. The number of aryl methyl sites for hydroxylation is 1. The van der Waals surface area contributed by atoms with E-state index in [1.54, 1.807) is 6.07 Å². The van der Waals surface area contributed by atoms with Crippen molar-refractivity contribution >= 4 is 27.5 Å². The van der Waals surface area contributed by atoms with E-state index in [4.69, 9.17) is 16.3 Å². The molecule has 1 unspecified atom stereocenters. The lowest BCUT2D eigenvalue weighted by molar-refractivity contribution is 0.214. The molecular formula is C15H13BrClFO2. The van der Waals surface area contributed by atoms with Crippen molar-refractivity contribution in [3.63, 3.8) is 0 Å². The molecule has 0 amide bonds. The summed E-state index contributed by atoms with van der Waals surface area (Å²) in [7, 11) is 1.43. The third-order valence-electron chi connectivity index (χ3n) is 3.08. The average molecular weight is 360 g/mol. The number of hydrogen-bond acceptors (Lipinski definition) is 2. The van der Waals surface area contributed by atoms with Crippen LogP contribution in [0.2, 0.25) is 5.02 Å². The highest BCUT2D eigenvalue weighted by Gasteiger charge is 2.20. The summed E-state index contributed by atoms with van der Waals surface area (Å²) in [6.07, 6.45) is -0.991. The van der Waals surface area contributed by atoms with Crippen molar-refractivity contribution in [1.82, 2.24) is 0 Å². The van der Waals surface area contributed by atoms with Crippen LogP contribution < -0.4 is 4.74 Å². The van der Waals surface area contributed by atoms with Crippen LogP contribution >= 0.6 is 27.5 Å². The minimum absolute atomic E-state index is 0.260. The van der Waals surface area contributed by atoms with E-state index in [1.165, 1.54) is 19.2 Å². The fraction of sp³-hybridized carbons (Fsp3) is 0.200. The van der Waals surface area contributed by atoms with Gasteiger partial charge in [-0.25, -0.2) is 4.39 Å². The highest BCUT2D eigenvalue weighted by molar-refractivity contribution is 9.10. The molecule has 106 valence electrons. The maximum Gasteiger partial charge on any atom is 0.141 e. The second-order valence-electron chi connectivity index (χ2n) is 4.39. The van der Waals surface area contributed by atoms with Crippen LogP contribution in [0.5, 0.6) is 5.75 Å². The van der Waals surface area contributed by atoms with Crippen molar-refractivity contribution in [2.24, 2.45) is 0 Å². The number of aliphatic hydroxyl groups excluding tert-OH is 1. The Hall–Kier alpha value is -1.10. The van der Waals surface area contributed by atoms with Gasteiger partial charge in [-0.1, -0.05) is 29.8 Å². The third kappa shape index (κ3) is 2.82. The number of benzene rings is 2. The smallest absolute Gasteiger partial charge is 0.141 e. The summed E-state index contributed by atoms with van der Waals surface area (Å²) in [5.41, 5.74) is 1.88. The first kappa shape index (κ1) is 15.3. The monoisotopic (exact) mass is 358 g/mol. The molecule has 0 heterocycles. The van der Waals surface area contributed by atoms with Gasteiger partial charge in [-0.05, 0) is 34.5 Å². The van der Waals surface area contributed by atoms with E-state index >= 15 is 0 Å². The van der Waals surface area contributed by atoms with Crippen LogP contribution in [0, 0.1) is 12.7 Å². The van der Waals surface area contributed by atoms with Gasteiger partial charge in [-0.15, -0.1) is 0 Å². The van der Waals surface area contributed by atoms with Gasteiger partial charge in [0, 0.05) is 22.2 Å². The minimum Gasteiger partial charge on any atom is -0.496 e. The molecule has 1 atom stereocenters. The van der Waals surface area contributed by atoms with Crippen LogP contribution in [0.25, 0.3) is 0 Å². The summed E-state index contributed by atoms with van der Waals surface area (Å²) in [4.78, 5) is 0. The molecule has 0 bridgehead atoms. The zero-order chi connectivity index (χ0) is 14.9. The Labute approximate surface area is 130 Å². The molecule has 2 rings (SSSR count). The van der Waals surface area contributed by atoms with Crippen molar-refractivity contribution in [2.75, 3.05) is 7.11 Å². The normalized spacial score (nSPS) is 12.3. The molecule has 5 heteroatoms. The second-order valence-corrected chi connectivity index (χ2v) is 5.62. The number of halogens is 3. The maximum atomic E-state index is 13.5. The first-order valence-corrected chi connectivity index (χ1v) is 7.08. The van der Waals surface area contributed by atoms with Crippen molar-refractivity contribution in [1.29, 1.82) is 0 Å². The van der Waals surface area contributed by atoms with Crippen molar-refractivity contribution in [3.8, 4) is 5.75 Å². The van der Waals surface area contributed by atoms with Gasteiger partial charge in [-0.2, -0.15) is 0 Å². The highest BCUT2D eigenvalue weighted by Crippen LogP contribution is 2.37. The van der Waals surface area contributed by atoms with Gasteiger partial charge < -0.3 is 9.84 Å². The number of rotatable bonds is 3. The molecule has 2 aromatic rings. The predicted octanol–water partition coefficient (Wildman–Crippen LogP) is 4.64. The molecule has 20 heavy (non-hydrogen) atoms. The topological polar surface area (TPSA) is 29.5 Å². The van der Waals surface area contributed by atoms with Gasteiger partial charge in [0.05, 0.1) is 11.6 Å². The molecule has 2 nitrogen and oxygen atoms in total. The van der Waals surface area contributed by atoms with Crippen molar-refractivity contribution in [3.05, 3.63) is 62.3 Å². The lowest BCUT2D eigenvalue weighted by Crippen LogP contribution is -2.04. The summed E-state index contributed by atoms with van der Waals surface area (Å²) >= 11 is 9.33. The molecule has 2 aromatic carbocycles. The summed E-state index contributed by atoms with van der Waals surface area (Å²) < 4.78 is 18.9. The van der Waals surface area contributed by atoms with E-state index in [0.29, 0.717) is 16.1 Å². The van der Waals surface area contributed by atoms with Crippen molar-refractivity contribution in [2.45, 2.75) is 13.0 Å². The summed E-state index contributed by atoms with van der Waals surface area (Å²) in [6, 6.07) is 8.13. The van der Waals surface area contributed by atoms with Gasteiger partial charge in [0.25, 0.3) is 0 Å². The molecule has 0 saturated heterocycles. The fourth-order valence-corrected chi connectivity index (χ4v) is 2.57. The molecule has 0 aliphatic heterocycles. The Kier molecular flexibility index (Phi) is 4.68. The summed E-state index contributed by atoms with van der Waals surface area (Å²) in [5, 5.41) is 11.0. The van der Waals surface area contributed by atoms with E-state index in [-0.39, 0.29) is 10.2 Å². The van der Waals surface area contributed by atoms with E-state index in [2.05, 4.69) is 15.9 Å². The zero-order valence-corrected chi connectivity index (χ0v) is 13.3. The predicted molar refractivity (Wildman–Crippen MR) is 80.9 cm³/mol. The van der Waals surface area contributed by atoms with E-state index in [0.717, 1.165) is 5.56 Å². The van der Waals surface area contributed by atoms with E-state index < -0.39 is 11.9 Å². The number of hydrogen-bond donors (Lipinski definition) is 1. The van der Waals surface area contributed by atoms with Crippen LogP contribution in [0.15, 0.2) is 34.8 Å². The average Bonchev–Trinajstić information content (AvgIpc) is 2.43. The van der Waals surface area contributed by atoms with Crippen LogP contribution in [-0.4, -0.2) is 12.2 Å². The first-order valence-electron chi connectivity index (χ1n) is 5.91. The Morgan fingerprint density at radius 2 is 2.00 bits per heavy atom. The number of aliphatic hydroxyl groups is 1. The molecule has 1 N–H and O–H groups in total. The van der Waals surface area contributed by atoms with Gasteiger partial charge in [-0.3, -0.25) is 0 Å².